The Morgan fingerprint density at radius 2 is 1.78 bits per heavy atom. The smallest absolute Gasteiger partial charge is 0.348 e. The molecule has 0 unspecified atom stereocenters. The number of benzene rings is 2. The lowest BCUT2D eigenvalue weighted by Gasteiger charge is -2.30. The monoisotopic (exact) mass is 637 g/mol. The van der Waals surface area contributed by atoms with Gasteiger partial charge in [0.2, 0.25) is 5.28 Å². The minimum absolute atomic E-state index is 0.0253. The Balaban J connectivity index is 1.41. The summed E-state index contributed by atoms with van der Waals surface area (Å²) in [4.78, 5) is 48.3. The van der Waals surface area contributed by atoms with Crippen LogP contribution < -0.4 is 5.73 Å². The van der Waals surface area contributed by atoms with E-state index in [4.69, 9.17) is 33.2 Å². The van der Waals surface area contributed by atoms with Crippen molar-refractivity contribution in [3.8, 4) is 23.5 Å². The fourth-order valence-electron chi connectivity index (χ4n) is 5.06. The lowest BCUT2D eigenvalue weighted by Crippen LogP contribution is -2.55. The standard InChI is InChI=1S/C29H24ClN5O10/c1-2-28(43)18(45-23(20(28)36)35-13-32-19-21(31)33-27(30)34-22(19)35)12-44-29(25(39)40,26(41)42)11-14-7-9-15(10-8-14)16-5-3-4-6-17(16)24(37)38/h1,3-10,13,18,20,23,36,43H,11-12H2,(H,37,38)(H,39,40)(H,41,42)(H2,31,33,34)/t18-,20+,23-,28-/m1/s1. The number of fused-ring (bicyclic) bond motifs is 1. The molecular formula is C29H24ClN5O10. The maximum absolute atomic E-state index is 12.4. The average Bonchev–Trinajstić information content (AvgIpc) is 3.53. The Morgan fingerprint density at radius 3 is 2.40 bits per heavy atom. The highest BCUT2D eigenvalue weighted by Crippen LogP contribution is 2.39. The number of nitrogen functional groups attached to an aromatic ring is 1. The Bertz CT molecular complexity index is 1840. The number of anilines is 1. The van der Waals surface area contributed by atoms with Crippen molar-refractivity contribution in [1.29, 1.82) is 0 Å². The van der Waals surface area contributed by atoms with Gasteiger partial charge in [0.05, 0.1) is 18.5 Å². The molecule has 3 heterocycles. The van der Waals surface area contributed by atoms with Crippen molar-refractivity contribution in [3.63, 3.8) is 0 Å². The molecule has 16 heteroatoms. The molecule has 1 aliphatic heterocycles. The first-order chi connectivity index (χ1) is 21.3. The summed E-state index contributed by atoms with van der Waals surface area (Å²) >= 11 is 5.91. The fourth-order valence-corrected chi connectivity index (χ4v) is 5.23. The second-order valence-corrected chi connectivity index (χ2v) is 10.4. The number of imidazole rings is 1. The van der Waals surface area contributed by atoms with Gasteiger partial charge in [-0.3, -0.25) is 4.57 Å². The third kappa shape index (κ3) is 5.41. The number of carboxylic acid groups (broad SMARTS) is 3. The van der Waals surface area contributed by atoms with Gasteiger partial charge in [-0.2, -0.15) is 9.97 Å². The normalized spacial score (nSPS) is 21.4. The van der Waals surface area contributed by atoms with Gasteiger partial charge in [0.1, 0.15) is 17.7 Å². The number of halogens is 1. The van der Waals surface area contributed by atoms with Crippen molar-refractivity contribution in [3.05, 3.63) is 71.3 Å². The summed E-state index contributed by atoms with van der Waals surface area (Å²) in [6.45, 7) is -0.887. The molecule has 0 amide bonds. The Kier molecular flexibility index (Phi) is 8.19. The van der Waals surface area contributed by atoms with E-state index in [2.05, 4.69) is 15.0 Å². The van der Waals surface area contributed by atoms with E-state index in [9.17, 15) is 39.9 Å². The SMILES string of the molecule is C#C[C@@]1(O)[C@@H](COC(Cc2ccc(-c3ccccc3C(=O)O)cc2)(C(=O)O)C(=O)O)O[C@@H](n2cnc3c(N)nc(Cl)nc32)[C@@H]1O. The Hall–Kier alpha value is -5.11. The Morgan fingerprint density at radius 1 is 1.11 bits per heavy atom. The van der Waals surface area contributed by atoms with Gasteiger partial charge in [-0.05, 0) is 34.4 Å². The second-order valence-electron chi connectivity index (χ2n) is 10.1. The number of carbonyl (C=O) groups is 3. The topological polar surface area (TPSA) is 240 Å². The number of rotatable bonds is 10. The Labute approximate surface area is 258 Å². The van der Waals surface area contributed by atoms with Gasteiger partial charge in [0.25, 0.3) is 5.60 Å². The van der Waals surface area contributed by atoms with Crippen LogP contribution in [0.3, 0.4) is 0 Å². The van der Waals surface area contributed by atoms with Crippen LogP contribution in [0.4, 0.5) is 5.82 Å². The van der Waals surface area contributed by atoms with Gasteiger partial charge in [-0.25, -0.2) is 19.4 Å². The van der Waals surface area contributed by atoms with Crippen LogP contribution in [-0.2, 0) is 25.5 Å². The van der Waals surface area contributed by atoms with Gasteiger partial charge in [0.15, 0.2) is 23.3 Å². The number of hydrogen-bond acceptors (Lipinski definition) is 11. The molecule has 4 atom stereocenters. The zero-order valence-corrected chi connectivity index (χ0v) is 23.7. The molecule has 0 spiro atoms. The number of terminal acetylenes is 1. The molecular weight excluding hydrogens is 614 g/mol. The van der Waals surface area contributed by atoms with Crippen LogP contribution in [0.2, 0.25) is 5.28 Å². The number of nitrogens with two attached hydrogens (primary N) is 1. The maximum atomic E-state index is 12.4. The zero-order valence-electron chi connectivity index (χ0n) is 22.9. The highest BCUT2D eigenvalue weighted by molar-refractivity contribution is 6.28. The molecule has 5 rings (SSSR count). The van der Waals surface area contributed by atoms with Crippen molar-refractivity contribution >= 4 is 46.5 Å². The lowest BCUT2D eigenvalue weighted by molar-refractivity contribution is -0.191. The molecule has 1 aliphatic rings. The van der Waals surface area contributed by atoms with Crippen molar-refractivity contribution in [2.75, 3.05) is 12.3 Å². The molecule has 0 bridgehead atoms. The van der Waals surface area contributed by atoms with Crippen LogP contribution in [0.5, 0.6) is 0 Å². The minimum atomic E-state index is -2.89. The third-order valence-electron chi connectivity index (χ3n) is 7.49. The molecule has 232 valence electrons. The van der Waals surface area contributed by atoms with E-state index < -0.39 is 60.6 Å². The largest absolute Gasteiger partial charge is 0.479 e. The summed E-state index contributed by atoms with van der Waals surface area (Å²) < 4.78 is 12.5. The number of aromatic nitrogens is 4. The van der Waals surface area contributed by atoms with Gasteiger partial charge >= 0.3 is 17.9 Å². The summed E-state index contributed by atoms with van der Waals surface area (Å²) in [5.74, 6) is -2.92. The molecule has 7 N–H and O–H groups in total. The van der Waals surface area contributed by atoms with E-state index >= 15 is 0 Å². The molecule has 2 aromatic heterocycles. The number of aromatic carboxylic acids is 1. The van der Waals surface area contributed by atoms with Gasteiger partial charge in [0, 0.05) is 6.42 Å². The van der Waals surface area contributed by atoms with E-state index in [-0.39, 0.29) is 33.4 Å². The van der Waals surface area contributed by atoms with Crippen LogP contribution in [0.15, 0.2) is 54.9 Å². The first kappa shape index (κ1) is 31.3. The van der Waals surface area contributed by atoms with Crippen LogP contribution in [0.1, 0.15) is 22.1 Å². The van der Waals surface area contributed by atoms with Gasteiger partial charge < -0.3 is 40.7 Å². The number of aliphatic carboxylic acids is 2. The second kappa shape index (κ2) is 11.8. The summed E-state index contributed by atoms with van der Waals surface area (Å²) in [5, 5.41) is 51.6. The van der Waals surface area contributed by atoms with Crippen LogP contribution in [-0.4, -0.2) is 93.0 Å². The minimum Gasteiger partial charge on any atom is -0.479 e. The summed E-state index contributed by atoms with van der Waals surface area (Å²) in [7, 11) is 0. The molecule has 45 heavy (non-hydrogen) atoms. The molecule has 1 saturated heterocycles. The number of carboxylic acids is 3. The summed E-state index contributed by atoms with van der Waals surface area (Å²) in [6, 6.07) is 12.1. The first-order valence-corrected chi connectivity index (χ1v) is 13.4. The van der Waals surface area contributed by atoms with Crippen molar-refractivity contribution in [2.45, 2.75) is 36.1 Å². The molecule has 2 aromatic carbocycles. The lowest BCUT2D eigenvalue weighted by atomic mass is 9.91. The number of ether oxygens (including phenoxy) is 2. The van der Waals surface area contributed by atoms with E-state index in [1.54, 1.807) is 18.2 Å². The van der Waals surface area contributed by atoms with E-state index in [1.165, 1.54) is 41.2 Å². The predicted molar refractivity (Wildman–Crippen MR) is 155 cm³/mol. The number of hydrogen-bond donors (Lipinski definition) is 6. The molecule has 0 aliphatic carbocycles. The predicted octanol–water partition coefficient (Wildman–Crippen LogP) is 1.22. The fraction of sp³-hybridized carbons (Fsp3) is 0.241. The summed E-state index contributed by atoms with van der Waals surface area (Å²) in [5.41, 5.74) is 1.74. The average molecular weight is 638 g/mol. The number of aliphatic hydroxyl groups is 2. The van der Waals surface area contributed by atoms with Crippen LogP contribution >= 0.6 is 11.6 Å². The first-order valence-electron chi connectivity index (χ1n) is 13.0. The zero-order chi connectivity index (χ0) is 32.7. The van der Waals surface area contributed by atoms with E-state index in [0.29, 0.717) is 11.1 Å². The number of aliphatic hydroxyl groups excluding tert-OH is 1. The maximum Gasteiger partial charge on any atom is 0.348 e. The quantitative estimate of drug-likeness (QED) is 0.0814. The van der Waals surface area contributed by atoms with Crippen LogP contribution in [0, 0.1) is 12.3 Å². The third-order valence-corrected chi connectivity index (χ3v) is 7.66. The summed E-state index contributed by atoms with van der Waals surface area (Å²) in [6.07, 6.45) is 1.09. The molecule has 0 radical (unpaired) electrons. The van der Waals surface area contributed by atoms with E-state index in [0.717, 1.165) is 0 Å². The van der Waals surface area contributed by atoms with Crippen molar-refractivity contribution in [1.82, 2.24) is 19.5 Å². The van der Waals surface area contributed by atoms with Crippen molar-refractivity contribution in [2.24, 2.45) is 0 Å². The van der Waals surface area contributed by atoms with Crippen molar-refractivity contribution < 1.29 is 49.4 Å². The van der Waals surface area contributed by atoms with Gasteiger partial charge in [-0.1, -0.05) is 48.4 Å². The van der Waals surface area contributed by atoms with Gasteiger partial charge in [-0.15, -0.1) is 6.42 Å². The van der Waals surface area contributed by atoms with Crippen LogP contribution in [0.25, 0.3) is 22.3 Å². The highest BCUT2D eigenvalue weighted by atomic mass is 35.5. The molecule has 0 saturated carbocycles. The molecule has 1 fully saturated rings. The number of nitrogens with zero attached hydrogens (tertiary/aromatic N) is 4. The van der Waals surface area contributed by atoms with E-state index in [1.807, 2.05) is 5.92 Å². The molecule has 4 aromatic rings. The highest BCUT2D eigenvalue weighted by Gasteiger charge is 2.58. The molecule has 15 nitrogen and oxygen atoms in total.